The Kier molecular flexibility index (Phi) is 3.27. The Morgan fingerprint density at radius 3 is 2.60 bits per heavy atom. The van der Waals surface area contributed by atoms with Crippen molar-refractivity contribution in [3.05, 3.63) is 29.8 Å². The third-order valence-electron chi connectivity index (χ3n) is 3.12. The van der Waals surface area contributed by atoms with E-state index >= 15 is 0 Å². The molecule has 2 aliphatic heterocycles. The van der Waals surface area contributed by atoms with Gasteiger partial charge < -0.3 is 10.2 Å². The number of fused-ring (bicyclic) bond motifs is 1. The zero-order chi connectivity index (χ0) is 10.7. The van der Waals surface area contributed by atoms with E-state index in [1.807, 2.05) is 13.8 Å². The van der Waals surface area contributed by atoms with E-state index in [0.29, 0.717) is 0 Å². The highest BCUT2D eigenvalue weighted by Gasteiger charge is 2.29. The summed E-state index contributed by atoms with van der Waals surface area (Å²) in [4.78, 5) is 2.55. The number of rotatable bonds is 1. The molecular formula is C13H20N2. The van der Waals surface area contributed by atoms with Crippen LogP contribution in [0.3, 0.4) is 0 Å². The standard InChI is InChI=1S/C11H14N2.C2H6/c1-2-4-11-9(3-1)5-6-13(11)10-7-12-8-10;1-2/h1-4,10,12H,5-8H2;1-2H3. The quantitative estimate of drug-likeness (QED) is 0.753. The van der Waals surface area contributed by atoms with E-state index in [1.165, 1.54) is 24.2 Å². The molecular weight excluding hydrogens is 184 g/mol. The van der Waals surface area contributed by atoms with Crippen molar-refractivity contribution in [3.8, 4) is 0 Å². The van der Waals surface area contributed by atoms with Gasteiger partial charge >= 0.3 is 0 Å². The smallest absolute Gasteiger partial charge is 0.0539 e. The Morgan fingerprint density at radius 1 is 1.20 bits per heavy atom. The Bertz CT molecular complexity index is 318. The first-order chi connectivity index (χ1) is 7.45. The minimum atomic E-state index is 0.753. The normalized spacial score (nSPS) is 18.9. The zero-order valence-corrected chi connectivity index (χ0v) is 9.66. The molecule has 2 heterocycles. The summed E-state index contributed by atoms with van der Waals surface area (Å²) in [5.74, 6) is 0. The minimum absolute atomic E-state index is 0.753. The molecule has 2 nitrogen and oxygen atoms in total. The van der Waals surface area contributed by atoms with Crippen LogP contribution in [-0.2, 0) is 6.42 Å². The van der Waals surface area contributed by atoms with Crippen molar-refractivity contribution in [2.45, 2.75) is 26.3 Å². The first kappa shape index (κ1) is 10.5. The lowest BCUT2D eigenvalue weighted by Gasteiger charge is -2.37. The maximum Gasteiger partial charge on any atom is 0.0539 e. The summed E-state index contributed by atoms with van der Waals surface area (Å²) in [6.07, 6.45) is 1.23. The maximum absolute atomic E-state index is 3.33. The van der Waals surface area contributed by atoms with Crippen molar-refractivity contribution >= 4 is 5.69 Å². The highest BCUT2D eigenvalue weighted by atomic mass is 15.2. The molecule has 0 unspecified atom stereocenters. The first-order valence-corrected chi connectivity index (χ1v) is 6.00. The van der Waals surface area contributed by atoms with Gasteiger partial charge in [0.05, 0.1) is 6.04 Å². The molecule has 0 radical (unpaired) electrons. The summed E-state index contributed by atoms with van der Waals surface area (Å²) < 4.78 is 0. The fourth-order valence-electron chi connectivity index (χ4n) is 2.24. The summed E-state index contributed by atoms with van der Waals surface area (Å²) in [7, 11) is 0. The number of nitrogens with one attached hydrogen (secondary N) is 1. The molecule has 0 bridgehead atoms. The molecule has 0 aromatic heterocycles. The lowest BCUT2D eigenvalue weighted by Crippen LogP contribution is -2.56. The van der Waals surface area contributed by atoms with Crippen molar-refractivity contribution in [1.82, 2.24) is 5.32 Å². The van der Waals surface area contributed by atoms with Crippen LogP contribution in [0.5, 0.6) is 0 Å². The number of para-hydroxylation sites is 1. The molecule has 0 spiro atoms. The summed E-state index contributed by atoms with van der Waals surface area (Å²) in [6.45, 7) is 7.54. The largest absolute Gasteiger partial charge is 0.365 e. The van der Waals surface area contributed by atoms with E-state index in [2.05, 4.69) is 34.5 Å². The van der Waals surface area contributed by atoms with Crippen molar-refractivity contribution in [1.29, 1.82) is 0 Å². The van der Waals surface area contributed by atoms with Gasteiger partial charge in [0, 0.05) is 25.3 Å². The average Bonchev–Trinajstić information content (AvgIpc) is 2.63. The molecule has 15 heavy (non-hydrogen) atoms. The number of anilines is 1. The molecule has 1 N–H and O–H groups in total. The summed E-state index contributed by atoms with van der Waals surface area (Å²) >= 11 is 0. The van der Waals surface area contributed by atoms with Crippen molar-refractivity contribution < 1.29 is 0 Å². The third-order valence-corrected chi connectivity index (χ3v) is 3.12. The van der Waals surface area contributed by atoms with Crippen LogP contribution in [0.25, 0.3) is 0 Å². The highest BCUT2D eigenvalue weighted by molar-refractivity contribution is 5.59. The van der Waals surface area contributed by atoms with Crippen LogP contribution >= 0.6 is 0 Å². The monoisotopic (exact) mass is 204 g/mol. The predicted molar refractivity (Wildman–Crippen MR) is 65.5 cm³/mol. The van der Waals surface area contributed by atoms with Gasteiger partial charge in [0.2, 0.25) is 0 Å². The Labute approximate surface area is 92.3 Å². The second kappa shape index (κ2) is 4.67. The van der Waals surface area contributed by atoms with E-state index in [4.69, 9.17) is 0 Å². The van der Waals surface area contributed by atoms with Gasteiger partial charge in [-0.2, -0.15) is 0 Å². The van der Waals surface area contributed by atoms with Crippen LogP contribution in [0.4, 0.5) is 5.69 Å². The van der Waals surface area contributed by atoms with Crippen LogP contribution in [0.1, 0.15) is 19.4 Å². The summed E-state index contributed by atoms with van der Waals surface area (Å²) in [5, 5.41) is 3.33. The molecule has 1 aromatic rings. The molecule has 0 atom stereocenters. The van der Waals surface area contributed by atoms with Gasteiger partial charge in [-0.05, 0) is 18.1 Å². The molecule has 2 heteroatoms. The zero-order valence-electron chi connectivity index (χ0n) is 9.66. The van der Waals surface area contributed by atoms with E-state index in [0.717, 1.165) is 19.1 Å². The minimum Gasteiger partial charge on any atom is -0.365 e. The molecule has 0 amide bonds. The van der Waals surface area contributed by atoms with Crippen LogP contribution in [0.2, 0.25) is 0 Å². The fourth-order valence-corrected chi connectivity index (χ4v) is 2.24. The highest BCUT2D eigenvalue weighted by Crippen LogP contribution is 2.29. The van der Waals surface area contributed by atoms with E-state index < -0.39 is 0 Å². The van der Waals surface area contributed by atoms with E-state index in [9.17, 15) is 0 Å². The summed E-state index contributed by atoms with van der Waals surface area (Å²) in [5.41, 5.74) is 2.99. The molecule has 1 saturated heterocycles. The van der Waals surface area contributed by atoms with Gasteiger partial charge in [-0.25, -0.2) is 0 Å². The fraction of sp³-hybridized carbons (Fsp3) is 0.538. The van der Waals surface area contributed by atoms with Crippen LogP contribution in [0, 0.1) is 0 Å². The molecule has 0 aliphatic carbocycles. The van der Waals surface area contributed by atoms with Gasteiger partial charge in [-0.1, -0.05) is 32.0 Å². The van der Waals surface area contributed by atoms with Gasteiger partial charge in [0.25, 0.3) is 0 Å². The lowest BCUT2D eigenvalue weighted by atomic mass is 10.1. The SMILES string of the molecule is CC.c1ccc2c(c1)CCN2C1CNC1. The second-order valence-electron chi connectivity index (χ2n) is 3.88. The number of hydrogen-bond acceptors (Lipinski definition) is 2. The first-order valence-electron chi connectivity index (χ1n) is 6.00. The van der Waals surface area contributed by atoms with Crippen molar-refractivity contribution in [2.24, 2.45) is 0 Å². The summed E-state index contributed by atoms with van der Waals surface area (Å²) in [6, 6.07) is 9.54. The van der Waals surface area contributed by atoms with E-state index in [-0.39, 0.29) is 0 Å². The molecule has 2 aliphatic rings. The third kappa shape index (κ3) is 1.86. The Morgan fingerprint density at radius 2 is 1.93 bits per heavy atom. The molecule has 0 saturated carbocycles. The second-order valence-corrected chi connectivity index (χ2v) is 3.88. The van der Waals surface area contributed by atoms with Crippen molar-refractivity contribution in [3.63, 3.8) is 0 Å². The molecule has 1 fully saturated rings. The van der Waals surface area contributed by atoms with Gasteiger partial charge in [0.1, 0.15) is 0 Å². The van der Waals surface area contributed by atoms with Crippen molar-refractivity contribution in [2.75, 3.05) is 24.5 Å². The topological polar surface area (TPSA) is 15.3 Å². The molecule has 3 rings (SSSR count). The van der Waals surface area contributed by atoms with Crippen LogP contribution in [0.15, 0.2) is 24.3 Å². The number of nitrogens with zero attached hydrogens (tertiary/aromatic N) is 1. The Balaban J connectivity index is 0.000000404. The number of hydrogen-bond donors (Lipinski definition) is 1. The van der Waals surface area contributed by atoms with Gasteiger partial charge in [-0.15, -0.1) is 0 Å². The predicted octanol–water partition coefficient (Wildman–Crippen LogP) is 2.05. The Hall–Kier alpha value is -1.02. The van der Waals surface area contributed by atoms with Crippen LogP contribution in [-0.4, -0.2) is 25.7 Å². The van der Waals surface area contributed by atoms with Gasteiger partial charge in [0.15, 0.2) is 0 Å². The van der Waals surface area contributed by atoms with Gasteiger partial charge in [-0.3, -0.25) is 0 Å². The average molecular weight is 204 g/mol. The van der Waals surface area contributed by atoms with Crippen LogP contribution < -0.4 is 10.2 Å². The lowest BCUT2D eigenvalue weighted by molar-refractivity contribution is 0.420. The molecule has 1 aromatic carbocycles. The maximum atomic E-state index is 3.33. The van der Waals surface area contributed by atoms with E-state index in [1.54, 1.807) is 0 Å². The number of benzene rings is 1. The molecule has 82 valence electrons.